The molecule has 1 unspecified atom stereocenters. The second-order valence-corrected chi connectivity index (χ2v) is 5.30. The predicted octanol–water partition coefficient (Wildman–Crippen LogP) is 1.98. The molecule has 0 aliphatic carbocycles. The van der Waals surface area contributed by atoms with Crippen LogP contribution in [0.3, 0.4) is 0 Å². The van der Waals surface area contributed by atoms with E-state index in [0.717, 1.165) is 0 Å². The van der Waals surface area contributed by atoms with Gasteiger partial charge in [-0.05, 0) is 18.2 Å². The molecular formula is C7H6BrClO4S. The molecule has 1 rings (SSSR count). The Morgan fingerprint density at radius 3 is 2.50 bits per heavy atom. The summed E-state index contributed by atoms with van der Waals surface area (Å²) in [6, 6.07) is 4.25. The van der Waals surface area contributed by atoms with Crippen molar-refractivity contribution in [2.45, 2.75) is 5.44 Å². The minimum Gasteiger partial charge on any atom is -0.371 e. The molecule has 1 aromatic rings. The van der Waals surface area contributed by atoms with Gasteiger partial charge < -0.3 is 5.11 Å². The summed E-state index contributed by atoms with van der Waals surface area (Å²) in [7, 11) is -4.53. The summed E-state index contributed by atoms with van der Waals surface area (Å²) in [5, 5.41) is 9.51. The normalized spacial score (nSPS) is 14.0. The first-order valence-electron chi connectivity index (χ1n) is 3.41. The molecule has 0 heterocycles. The van der Waals surface area contributed by atoms with Gasteiger partial charge in [0.2, 0.25) is 5.44 Å². The van der Waals surface area contributed by atoms with Gasteiger partial charge in [0.25, 0.3) is 10.1 Å². The van der Waals surface area contributed by atoms with Gasteiger partial charge in [-0.2, -0.15) is 8.42 Å². The number of rotatable bonds is 2. The average Bonchev–Trinajstić information content (AvgIpc) is 2.06. The van der Waals surface area contributed by atoms with Crippen LogP contribution in [0.25, 0.3) is 0 Å². The fourth-order valence-corrected chi connectivity index (χ4v) is 2.18. The van der Waals surface area contributed by atoms with Gasteiger partial charge in [-0.1, -0.05) is 27.5 Å². The molecule has 14 heavy (non-hydrogen) atoms. The van der Waals surface area contributed by atoms with Crippen LogP contribution in [0.5, 0.6) is 0 Å². The highest BCUT2D eigenvalue weighted by atomic mass is 79.9. The Hall–Kier alpha value is -0.140. The summed E-state index contributed by atoms with van der Waals surface area (Å²) in [4.78, 5) is 0. The average molecular weight is 302 g/mol. The molecule has 0 aliphatic rings. The first-order chi connectivity index (χ1) is 6.32. The quantitative estimate of drug-likeness (QED) is 0.819. The van der Waals surface area contributed by atoms with Crippen LogP contribution in [-0.2, 0) is 10.1 Å². The molecule has 4 nitrogen and oxygen atoms in total. The molecule has 0 bridgehead atoms. The van der Waals surface area contributed by atoms with Gasteiger partial charge in [0.1, 0.15) is 0 Å². The second kappa shape index (κ2) is 4.16. The first kappa shape index (κ1) is 11.9. The lowest BCUT2D eigenvalue weighted by Gasteiger charge is -2.09. The fourth-order valence-electron chi connectivity index (χ4n) is 0.864. The number of halogens is 2. The summed E-state index contributed by atoms with van der Waals surface area (Å²) in [5.74, 6) is 0. The Morgan fingerprint density at radius 2 is 2.00 bits per heavy atom. The van der Waals surface area contributed by atoms with Crippen molar-refractivity contribution in [3.63, 3.8) is 0 Å². The van der Waals surface area contributed by atoms with E-state index in [1.54, 1.807) is 0 Å². The highest BCUT2D eigenvalue weighted by Crippen LogP contribution is 2.29. The van der Waals surface area contributed by atoms with E-state index in [0.29, 0.717) is 4.47 Å². The van der Waals surface area contributed by atoms with Crippen molar-refractivity contribution in [2.75, 3.05) is 0 Å². The number of benzene rings is 1. The molecule has 0 spiro atoms. The second-order valence-electron chi connectivity index (χ2n) is 2.53. The Morgan fingerprint density at radius 1 is 1.43 bits per heavy atom. The van der Waals surface area contributed by atoms with Crippen LogP contribution in [0.1, 0.15) is 11.0 Å². The van der Waals surface area contributed by atoms with Gasteiger partial charge in [0.15, 0.2) is 0 Å². The van der Waals surface area contributed by atoms with Crippen LogP contribution in [0, 0.1) is 0 Å². The molecule has 0 saturated carbocycles. The molecule has 2 N–H and O–H groups in total. The van der Waals surface area contributed by atoms with Crippen molar-refractivity contribution < 1.29 is 18.1 Å². The third kappa shape index (κ3) is 2.68. The fraction of sp³-hybridized carbons (Fsp3) is 0.143. The summed E-state index contributed by atoms with van der Waals surface area (Å²) in [6.07, 6.45) is 0. The highest BCUT2D eigenvalue weighted by molar-refractivity contribution is 9.10. The Kier molecular flexibility index (Phi) is 3.54. The van der Waals surface area contributed by atoms with Crippen LogP contribution in [0.15, 0.2) is 22.7 Å². The van der Waals surface area contributed by atoms with E-state index in [2.05, 4.69) is 15.9 Å². The maximum Gasteiger partial charge on any atom is 0.296 e. The smallest absolute Gasteiger partial charge is 0.296 e. The van der Waals surface area contributed by atoms with E-state index in [-0.39, 0.29) is 10.6 Å². The summed E-state index contributed by atoms with van der Waals surface area (Å²) in [5.41, 5.74) is -1.99. The van der Waals surface area contributed by atoms with Crippen LogP contribution >= 0.6 is 27.5 Å². The lowest BCUT2D eigenvalue weighted by molar-refractivity contribution is 0.238. The van der Waals surface area contributed by atoms with Crippen molar-refractivity contribution in [1.29, 1.82) is 0 Å². The SMILES string of the molecule is O=S(=O)(O)C(O)c1cc(Cl)ccc1Br. The topological polar surface area (TPSA) is 74.6 Å². The molecule has 78 valence electrons. The minimum absolute atomic E-state index is 0.000000000000000444. The van der Waals surface area contributed by atoms with E-state index < -0.39 is 15.6 Å². The number of aliphatic hydroxyl groups is 1. The standard InChI is InChI=1S/C7H6BrClO4S/c8-6-2-1-4(9)3-5(6)7(10)14(11,12)13/h1-3,7,10H,(H,11,12,13). The monoisotopic (exact) mass is 300 g/mol. The Bertz CT molecular complexity index is 445. The first-order valence-corrected chi connectivity index (χ1v) is 6.09. The minimum atomic E-state index is -4.53. The largest absolute Gasteiger partial charge is 0.371 e. The number of aliphatic hydroxyl groups excluding tert-OH is 1. The van der Waals surface area contributed by atoms with Gasteiger partial charge in [-0.25, -0.2) is 0 Å². The molecule has 0 aliphatic heterocycles. The van der Waals surface area contributed by atoms with E-state index >= 15 is 0 Å². The zero-order valence-corrected chi connectivity index (χ0v) is 9.84. The van der Waals surface area contributed by atoms with Gasteiger partial charge in [-0.3, -0.25) is 4.55 Å². The molecule has 0 amide bonds. The van der Waals surface area contributed by atoms with E-state index in [9.17, 15) is 13.5 Å². The summed E-state index contributed by atoms with van der Waals surface area (Å²) >= 11 is 8.63. The maximum atomic E-state index is 10.6. The third-order valence-corrected chi connectivity index (χ3v) is 3.28. The zero-order chi connectivity index (χ0) is 10.9. The molecule has 1 aromatic carbocycles. The van der Waals surface area contributed by atoms with E-state index in [1.165, 1.54) is 18.2 Å². The van der Waals surface area contributed by atoms with E-state index in [4.69, 9.17) is 16.2 Å². The van der Waals surface area contributed by atoms with Gasteiger partial charge in [-0.15, -0.1) is 0 Å². The molecular weight excluding hydrogens is 295 g/mol. The van der Waals surface area contributed by atoms with Crippen molar-refractivity contribution in [3.05, 3.63) is 33.3 Å². The lowest BCUT2D eigenvalue weighted by atomic mass is 10.2. The molecule has 0 saturated heterocycles. The van der Waals surface area contributed by atoms with E-state index in [1.807, 2.05) is 0 Å². The van der Waals surface area contributed by atoms with Crippen LogP contribution in [0.2, 0.25) is 5.02 Å². The van der Waals surface area contributed by atoms with Gasteiger partial charge in [0, 0.05) is 15.1 Å². The molecule has 1 atom stereocenters. The van der Waals surface area contributed by atoms with Crippen LogP contribution in [0.4, 0.5) is 0 Å². The summed E-state index contributed by atoms with van der Waals surface area (Å²) in [6.45, 7) is 0. The summed E-state index contributed by atoms with van der Waals surface area (Å²) < 4.78 is 30.2. The molecule has 7 heteroatoms. The molecule has 0 radical (unpaired) electrons. The zero-order valence-electron chi connectivity index (χ0n) is 6.68. The van der Waals surface area contributed by atoms with Crippen molar-refractivity contribution in [3.8, 4) is 0 Å². The van der Waals surface area contributed by atoms with Crippen molar-refractivity contribution in [1.82, 2.24) is 0 Å². The molecule has 0 fully saturated rings. The third-order valence-electron chi connectivity index (χ3n) is 1.51. The molecule has 0 aromatic heterocycles. The van der Waals surface area contributed by atoms with Crippen LogP contribution < -0.4 is 0 Å². The van der Waals surface area contributed by atoms with Crippen molar-refractivity contribution >= 4 is 37.6 Å². The van der Waals surface area contributed by atoms with Gasteiger partial charge in [0.05, 0.1) is 0 Å². The number of hydrogen-bond acceptors (Lipinski definition) is 3. The Labute approximate surface area is 94.4 Å². The maximum absolute atomic E-state index is 10.6. The number of hydrogen-bond donors (Lipinski definition) is 2. The lowest BCUT2D eigenvalue weighted by Crippen LogP contribution is -2.11. The van der Waals surface area contributed by atoms with Crippen molar-refractivity contribution in [2.24, 2.45) is 0 Å². The Balaban J connectivity index is 3.26. The highest BCUT2D eigenvalue weighted by Gasteiger charge is 2.24. The van der Waals surface area contributed by atoms with Crippen LogP contribution in [-0.4, -0.2) is 18.1 Å². The van der Waals surface area contributed by atoms with Gasteiger partial charge >= 0.3 is 0 Å². The predicted molar refractivity (Wildman–Crippen MR) is 55.7 cm³/mol.